The molecule has 0 aromatic heterocycles. The predicted octanol–water partition coefficient (Wildman–Crippen LogP) is 1.82. The number of thioether (sulfide) groups is 1. The second-order valence-corrected chi connectivity index (χ2v) is 5.23. The lowest BCUT2D eigenvalue weighted by Gasteiger charge is -2.22. The van der Waals surface area contributed by atoms with Gasteiger partial charge in [0.05, 0.1) is 11.5 Å². The van der Waals surface area contributed by atoms with Crippen LogP contribution in [0.5, 0.6) is 0 Å². The van der Waals surface area contributed by atoms with Crippen molar-refractivity contribution in [3.8, 4) is 0 Å². The van der Waals surface area contributed by atoms with Crippen LogP contribution < -0.4 is 5.32 Å². The number of rotatable bonds is 7. The van der Waals surface area contributed by atoms with Crippen LogP contribution in [-0.2, 0) is 0 Å². The Labute approximate surface area is 120 Å². The highest BCUT2D eigenvalue weighted by atomic mass is 32.2. The van der Waals surface area contributed by atoms with Crippen LogP contribution >= 0.6 is 11.8 Å². The minimum Gasteiger partial charge on any atom is -0.477 e. The second kappa shape index (κ2) is 7.11. The van der Waals surface area contributed by atoms with Gasteiger partial charge in [-0.3, -0.25) is 10.1 Å². The number of carboxylic acid groups (broad SMARTS) is 1. The van der Waals surface area contributed by atoms with E-state index in [4.69, 9.17) is 5.11 Å². The average molecular weight is 300 g/mol. The predicted molar refractivity (Wildman–Crippen MR) is 77.5 cm³/mol. The van der Waals surface area contributed by atoms with Crippen molar-refractivity contribution < 1.29 is 19.9 Å². The Morgan fingerprint density at radius 2 is 2.20 bits per heavy atom. The molecule has 0 bridgehead atoms. The first kappa shape index (κ1) is 16.3. The van der Waals surface area contributed by atoms with E-state index in [0.29, 0.717) is 0 Å². The number of hydrogen-bond donors (Lipinski definition) is 3. The summed E-state index contributed by atoms with van der Waals surface area (Å²) in [5.74, 6) is -1.35. The molecule has 0 spiro atoms. The molecule has 8 heteroatoms. The summed E-state index contributed by atoms with van der Waals surface area (Å²) in [7, 11) is 0. The summed E-state index contributed by atoms with van der Waals surface area (Å²) >= 11 is 1.42. The second-order valence-electron chi connectivity index (χ2n) is 4.15. The molecular formula is C12H16N2O5S. The number of hydrogen-bond acceptors (Lipinski definition) is 6. The number of nitrogens with zero attached hydrogens (tertiary/aromatic N) is 1. The van der Waals surface area contributed by atoms with Gasteiger partial charge in [-0.1, -0.05) is 6.07 Å². The molecule has 110 valence electrons. The number of para-hydroxylation sites is 1. The lowest BCUT2D eigenvalue weighted by Crippen LogP contribution is -2.31. The third kappa shape index (κ3) is 3.61. The zero-order valence-corrected chi connectivity index (χ0v) is 11.9. The van der Waals surface area contributed by atoms with E-state index in [1.165, 1.54) is 30.0 Å². The monoisotopic (exact) mass is 300 g/mol. The Balaban J connectivity index is 3.15. The fourth-order valence-corrected chi connectivity index (χ4v) is 2.43. The molecule has 7 nitrogen and oxygen atoms in total. The standard InChI is InChI=1S/C12H16N2O5S/c1-7(10(6-15)20-2)13-9-5-3-4-8(12(16)17)11(9)14(18)19/h3-5,7,10,13,15H,6H2,1-2H3,(H,16,17). The van der Waals surface area contributed by atoms with E-state index in [2.05, 4.69) is 5.32 Å². The van der Waals surface area contributed by atoms with E-state index in [1.54, 1.807) is 6.92 Å². The Morgan fingerprint density at radius 3 is 2.65 bits per heavy atom. The quantitative estimate of drug-likeness (QED) is 0.520. The van der Waals surface area contributed by atoms with E-state index in [9.17, 15) is 20.0 Å². The molecule has 0 fully saturated rings. The molecule has 0 aliphatic heterocycles. The van der Waals surface area contributed by atoms with Crippen LogP contribution in [-0.4, -0.2) is 45.3 Å². The normalized spacial score (nSPS) is 13.6. The number of aromatic carboxylic acids is 1. The molecule has 2 unspecified atom stereocenters. The summed E-state index contributed by atoms with van der Waals surface area (Å²) in [5.41, 5.74) is -0.698. The lowest BCUT2D eigenvalue weighted by molar-refractivity contribution is -0.384. The van der Waals surface area contributed by atoms with E-state index in [1.807, 2.05) is 6.26 Å². The van der Waals surface area contributed by atoms with Crippen molar-refractivity contribution in [3.63, 3.8) is 0 Å². The van der Waals surface area contributed by atoms with Gasteiger partial charge in [0.2, 0.25) is 0 Å². The summed E-state index contributed by atoms with van der Waals surface area (Å²) in [5, 5.41) is 32.0. The first-order valence-electron chi connectivity index (χ1n) is 5.83. The molecule has 1 aromatic carbocycles. The maximum atomic E-state index is 11.1. The van der Waals surface area contributed by atoms with Gasteiger partial charge < -0.3 is 15.5 Å². The zero-order chi connectivity index (χ0) is 15.3. The number of carbonyl (C=O) groups is 1. The molecule has 0 saturated heterocycles. The SMILES string of the molecule is CSC(CO)C(C)Nc1cccc(C(=O)O)c1[N+](=O)[O-]. The van der Waals surface area contributed by atoms with Gasteiger partial charge in [-0.05, 0) is 25.3 Å². The molecule has 0 radical (unpaired) electrons. The Morgan fingerprint density at radius 1 is 1.55 bits per heavy atom. The minimum absolute atomic E-state index is 0.0816. The van der Waals surface area contributed by atoms with Gasteiger partial charge in [0.1, 0.15) is 11.3 Å². The van der Waals surface area contributed by atoms with Crippen molar-refractivity contribution in [3.05, 3.63) is 33.9 Å². The molecule has 0 aliphatic rings. The molecule has 2 atom stereocenters. The van der Waals surface area contributed by atoms with Gasteiger partial charge in [0.15, 0.2) is 0 Å². The van der Waals surface area contributed by atoms with E-state index >= 15 is 0 Å². The number of nitrogens with one attached hydrogen (secondary N) is 1. The first-order valence-corrected chi connectivity index (χ1v) is 7.12. The van der Waals surface area contributed by atoms with Crippen molar-refractivity contribution in [1.82, 2.24) is 0 Å². The third-order valence-corrected chi connectivity index (χ3v) is 4.04. The Bertz CT molecular complexity index is 505. The Kier molecular flexibility index (Phi) is 5.78. The van der Waals surface area contributed by atoms with Crippen LogP contribution in [0.25, 0.3) is 0 Å². The largest absolute Gasteiger partial charge is 0.477 e. The molecule has 20 heavy (non-hydrogen) atoms. The van der Waals surface area contributed by atoms with Gasteiger partial charge in [0.25, 0.3) is 0 Å². The molecule has 0 saturated carbocycles. The van der Waals surface area contributed by atoms with Crippen molar-refractivity contribution in [2.75, 3.05) is 18.2 Å². The van der Waals surface area contributed by atoms with Gasteiger partial charge in [-0.25, -0.2) is 4.79 Å². The lowest BCUT2D eigenvalue weighted by atomic mass is 10.1. The molecule has 1 aromatic rings. The number of nitro benzene ring substituents is 1. The average Bonchev–Trinajstić information content (AvgIpc) is 2.39. The third-order valence-electron chi connectivity index (χ3n) is 2.87. The van der Waals surface area contributed by atoms with E-state index in [0.717, 1.165) is 0 Å². The maximum absolute atomic E-state index is 11.1. The van der Waals surface area contributed by atoms with Crippen molar-refractivity contribution in [1.29, 1.82) is 0 Å². The smallest absolute Gasteiger partial charge is 0.342 e. The van der Waals surface area contributed by atoms with Crippen LogP contribution in [0.1, 0.15) is 17.3 Å². The van der Waals surface area contributed by atoms with Gasteiger partial charge in [-0.15, -0.1) is 0 Å². The first-order chi connectivity index (χ1) is 9.42. The minimum atomic E-state index is -1.35. The van der Waals surface area contributed by atoms with Crippen LogP contribution in [0.4, 0.5) is 11.4 Å². The van der Waals surface area contributed by atoms with Crippen molar-refractivity contribution >= 4 is 29.1 Å². The van der Waals surface area contributed by atoms with Crippen LogP contribution in [0, 0.1) is 10.1 Å². The molecule has 0 aliphatic carbocycles. The van der Waals surface area contributed by atoms with Gasteiger partial charge in [-0.2, -0.15) is 11.8 Å². The van der Waals surface area contributed by atoms with Crippen molar-refractivity contribution in [2.24, 2.45) is 0 Å². The summed E-state index contributed by atoms with van der Waals surface area (Å²) in [6.45, 7) is 1.69. The van der Waals surface area contributed by atoms with Crippen LogP contribution in [0.15, 0.2) is 18.2 Å². The van der Waals surface area contributed by atoms with Crippen LogP contribution in [0.2, 0.25) is 0 Å². The maximum Gasteiger partial charge on any atom is 0.342 e. The number of benzene rings is 1. The molecule has 3 N–H and O–H groups in total. The topological polar surface area (TPSA) is 113 Å². The highest BCUT2D eigenvalue weighted by Gasteiger charge is 2.26. The summed E-state index contributed by atoms with van der Waals surface area (Å²) < 4.78 is 0. The van der Waals surface area contributed by atoms with E-state index in [-0.39, 0.29) is 29.1 Å². The highest BCUT2D eigenvalue weighted by Crippen LogP contribution is 2.30. The number of carboxylic acids is 1. The Hall–Kier alpha value is -1.80. The molecule has 0 heterocycles. The van der Waals surface area contributed by atoms with Crippen molar-refractivity contribution in [2.45, 2.75) is 18.2 Å². The molecule has 0 amide bonds. The van der Waals surface area contributed by atoms with E-state index < -0.39 is 16.6 Å². The summed E-state index contributed by atoms with van der Waals surface area (Å²) in [4.78, 5) is 21.4. The summed E-state index contributed by atoms with van der Waals surface area (Å²) in [6.07, 6.45) is 1.82. The number of anilines is 1. The molecular weight excluding hydrogens is 284 g/mol. The number of nitro groups is 1. The number of aliphatic hydroxyl groups excluding tert-OH is 1. The fourth-order valence-electron chi connectivity index (χ4n) is 1.80. The van der Waals surface area contributed by atoms with Crippen LogP contribution in [0.3, 0.4) is 0 Å². The van der Waals surface area contributed by atoms with Gasteiger partial charge >= 0.3 is 11.7 Å². The molecule has 1 rings (SSSR count). The summed E-state index contributed by atoms with van der Waals surface area (Å²) in [6, 6.07) is 3.83. The number of aliphatic hydroxyl groups is 1. The van der Waals surface area contributed by atoms with Gasteiger partial charge in [0, 0.05) is 11.3 Å². The fraction of sp³-hybridized carbons (Fsp3) is 0.417. The highest BCUT2D eigenvalue weighted by molar-refractivity contribution is 7.99. The zero-order valence-electron chi connectivity index (χ0n) is 11.1.